The van der Waals surface area contributed by atoms with Gasteiger partial charge in [0.05, 0.1) is 0 Å². The first-order chi connectivity index (χ1) is 9.30. The second-order valence-corrected chi connectivity index (χ2v) is 18.4. The van der Waals surface area contributed by atoms with Crippen molar-refractivity contribution in [3.63, 3.8) is 0 Å². The van der Waals surface area contributed by atoms with Gasteiger partial charge in [0.2, 0.25) is 0 Å². The zero-order valence-electron chi connectivity index (χ0n) is 12.5. The van der Waals surface area contributed by atoms with E-state index in [9.17, 15) is 4.79 Å². The Balaban J connectivity index is 2.31. The fourth-order valence-corrected chi connectivity index (χ4v) is 6.34. The minimum atomic E-state index is -1.92. The van der Waals surface area contributed by atoms with Crippen LogP contribution in [0.1, 0.15) is 38.5 Å². The maximum atomic E-state index is 10.4. The molecule has 0 amide bonds. The first-order valence-electron chi connectivity index (χ1n) is 7.30. The SMILES string of the molecule is CP(C)(Br)(CCCCCCCC(=O)O)c1ccccc1. The van der Waals surface area contributed by atoms with Gasteiger partial charge in [-0.25, -0.2) is 0 Å². The Morgan fingerprint density at radius 2 is 1.60 bits per heavy atom. The zero-order chi connectivity index (χ0) is 15.1. The molecule has 1 rings (SSSR count). The molecule has 0 bridgehead atoms. The van der Waals surface area contributed by atoms with Gasteiger partial charge in [-0.2, -0.15) is 0 Å². The number of carboxylic acids is 1. The Labute approximate surface area is 130 Å². The summed E-state index contributed by atoms with van der Waals surface area (Å²) in [7, 11) is 0. The van der Waals surface area contributed by atoms with Gasteiger partial charge in [-0.05, 0) is 0 Å². The molecule has 2 nitrogen and oxygen atoms in total. The van der Waals surface area contributed by atoms with E-state index in [-0.39, 0.29) is 0 Å². The van der Waals surface area contributed by atoms with Gasteiger partial charge in [-0.3, -0.25) is 0 Å². The summed E-state index contributed by atoms with van der Waals surface area (Å²) in [6.45, 7) is 4.73. The van der Waals surface area contributed by atoms with Crippen molar-refractivity contribution in [2.45, 2.75) is 38.5 Å². The fourth-order valence-electron chi connectivity index (χ4n) is 2.39. The molecule has 0 aliphatic carbocycles. The summed E-state index contributed by atoms with van der Waals surface area (Å²) in [6, 6.07) is 10.7. The van der Waals surface area contributed by atoms with E-state index < -0.39 is 11.3 Å². The molecule has 0 aliphatic rings. The van der Waals surface area contributed by atoms with E-state index in [1.807, 2.05) is 0 Å². The average Bonchev–Trinajstić information content (AvgIpc) is 2.38. The third kappa shape index (κ3) is 6.37. The van der Waals surface area contributed by atoms with Crippen molar-refractivity contribution in [2.75, 3.05) is 19.5 Å². The maximum absolute atomic E-state index is 10.4. The van der Waals surface area contributed by atoms with Gasteiger partial charge in [0, 0.05) is 0 Å². The van der Waals surface area contributed by atoms with Crippen molar-refractivity contribution in [1.29, 1.82) is 0 Å². The molecule has 0 fully saturated rings. The zero-order valence-corrected chi connectivity index (χ0v) is 15.0. The van der Waals surface area contributed by atoms with Gasteiger partial charge >= 0.3 is 130 Å². The minimum absolute atomic E-state index is 0.309. The number of carboxylic acid groups (broad SMARTS) is 1. The Hall–Kier alpha value is -0.400. The Kier molecular flexibility index (Phi) is 6.68. The van der Waals surface area contributed by atoms with Crippen LogP contribution in [0.25, 0.3) is 0 Å². The Morgan fingerprint density at radius 3 is 2.20 bits per heavy atom. The molecule has 20 heavy (non-hydrogen) atoms. The molecule has 0 aromatic heterocycles. The normalized spacial score (nSPS) is 13.7. The summed E-state index contributed by atoms with van der Waals surface area (Å²) < 4.78 is 0. The molecule has 0 atom stereocenters. The number of unbranched alkanes of at least 4 members (excludes halogenated alkanes) is 4. The molecule has 0 saturated carbocycles. The fraction of sp³-hybridized carbons (Fsp3) is 0.562. The van der Waals surface area contributed by atoms with Crippen LogP contribution in [-0.2, 0) is 4.79 Å². The van der Waals surface area contributed by atoms with Crippen molar-refractivity contribution in [3.05, 3.63) is 30.3 Å². The van der Waals surface area contributed by atoms with Gasteiger partial charge in [0.1, 0.15) is 0 Å². The summed E-state index contributed by atoms with van der Waals surface area (Å²) >= 11 is 4.05. The molecular formula is C16H26BrO2P. The van der Waals surface area contributed by atoms with E-state index >= 15 is 0 Å². The summed E-state index contributed by atoms with van der Waals surface area (Å²) in [5, 5.41) is 8.10. The topological polar surface area (TPSA) is 37.3 Å². The Morgan fingerprint density at radius 1 is 1.05 bits per heavy atom. The first-order valence-corrected chi connectivity index (χ1v) is 12.6. The van der Waals surface area contributed by atoms with Crippen LogP contribution in [0.5, 0.6) is 0 Å². The van der Waals surface area contributed by atoms with Gasteiger partial charge < -0.3 is 0 Å². The van der Waals surface area contributed by atoms with Crippen molar-refractivity contribution in [2.24, 2.45) is 0 Å². The van der Waals surface area contributed by atoms with Gasteiger partial charge in [-0.1, -0.05) is 0 Å². The second kappa shape index (κ2) is 7.56. The molecule has 0 unspecified atom stereocenters. The molecule has 0 spiro atoms. The van der Waals surface area contributed by atoms with E-state index in [4.69, 9.17) is 5.11 Å². The molecule has 0 radical (unpaired) electrons. The number of halogens is 1. The molecule has 1 aromatic rings. The van der Waals surface area contributed by atoms with E-state index in [0.29, 0.717) is 6.42 Å². The van der Waals surface area contributed by atoms with E-state index in [1.54, 1.807) is 0 Å². The standard InChI is InChI=1S/C16H26BrO2P/c1-20(2,17,15-11-7-6-8-12-15)14-10-5-3-4-9-13-16(18)19/h6-8,11-12H,3-5,9-10,13-14H2,1-2H3,(H,18,19). The molecule has 114 valence electrons. The van der Waals surface area contributed by atoms with Crippen molar-refractivity contribution in [1.82, 2.24) is 0 Å². The second-order valence-electron chi connectivity index (χ2n) is 6.20. The van der Waals surface area contributed by atoms with Crippen LogP contribution in [0.2, 0.25) is 0 Å². The van der Waals surface area contributed by atoms with Crippen molar-refractivity contribution >= 4 is 32.1 Å². The predicted octanol–water partition coefficient (Wildman–Crippen LogP) is 4.86. The third-order valence-electron chi connectivity index (χ3n) is 3.75. The van der Waals surface area contributed by atoms with Gasteiger partial charge in [0.25, 0.3) is 0 Å². The molecule has 4 heteroatoms. The van der Waals surface area contributed by atoms with Crippen LogP contribution in [-0.4, -0.2) is 30.6 Å². The van der Waals surface area contributed by atoms with Crippen LogP contribution in [0.3, 0.4) is 0 Å². The van der Waals surface area contributed by atoms with Crippen molar-refractivity contribution < 1.29 is 9.90 Å². The molecular weight excluding hydrogens is 335 g/mol. The number of hydrogen-bond donors (Lipinski definition) is 1. The van der Waals surface area contributed by atoms with Crippen LogP contribution in [0.15, 0.2) is 30.3 Å². The van der Waals surface area contributed by atoms with E-state index in [1.165, 1.54) is 24.3 Å². The van der Waals surface area contributed by atoms with E-state index in [0.717, 1.165) is 19.3 Å². The monoisotopic (exact) mass is 360 g/mol. The van der Waals surface area contributed by atoms with Gasteiger partial charge in [-0.15, -0.1) is 0 Å². The number of carbonyl (C=O) groups is 1. The number of aliphatic carboxylic acids is 1. The third-order valence-corrected chi connectivity index (χ3v) is 9.53. The molecule has 0 heterocycles. The quantitative estimate of drug-likeness (QED) is 0.504. The van der Waals surface area contributed by atoms with Crippen LogP contribution in [0.4, 0.5) is 0 Å². The summed E-state index contributed by atoms with van der Waals surface area (Å²) in [6.07, 6.45) is 6.89. The predicted molar refractivity (Wildman–Crippen MR) is 94.0 cm³/mol. The average molecular weight is 361 g/mol. The summed E-state index contributed by atoms with van der Waals surface area (Å²) in [5.74, 6) is -0.679. The number of hydrogen-bond acceptors (Lipinski definition) is 1. The molecule has 1 N–H and O–H groups in total. The van der Waals surface area contributed by atoms with Crippen LogP contribution >= 0.6 is 20.8 Å². The van der Waals surface area contributed by atoms with Crippen molar-refractivity contribution in [3.8, 4) is 0 Å². The van der Waals surface area contributed by atoms with E-state index in [2.05, 4.69) is 59.2 Å². The Bertz CT molecular complexity index is 423. The van der Waals surface area contributed by atoms with Crippen LogP contribution in [0, 0.1) is 0 Å². The molecule has 1 aromatic carbocycles. The summed E-state index contributed by atoms with van der Waals surface area (Å²) in [4.78, 5) is 10.4. The summed E-state index contributed by atoms with van der Waals surface area (Å²) in [5.41, 5.74) is 0. The van der Waals surface area contributed by atoms with Crippen LogP contribution < -0.4 is 5.30 Å². The number of benzene rings is 1. The molecule has 0 aliphatic heterocycles. The molecule has 0 saturated heterocycles. The first kappa shape index (κ1) is 17.7. The van der Waals surface area contributed by atoms with Gasteiger partial charge in [0.15, 0.2) is 0 Å². The number of rotatable bonds is 9.